The van der Waals surface area contributed by atoms with Crippen molar-refractivity contribution < 1.29 is 9.84 Å². The van der Waals surface area contributed by atoms with Crippen LogP contribution in [0.5, 0.6) is 0 Å². The number of anilines is 1. The van der Waals surface area contributed by atoms with E-state index >= 15 is 0 Å². The van der Waals surface area contributed by atoms with E-state index in [0.29, 0.717) is 18.7 Å². The summed E-state index contributed by atoms with van der Waals surface area (Å²) in [7, 11) is 0. The van der Waals surface area contributed by atoms with Crippen molar-refractivity contribution in [2.75, 3.05) is 24.6 Å². The van der Waals surface area contributed by atoms with Crippen LogP contribution in [0.4, 0.5) is 5.82 Å². The van der Waals surface area contributed by atoms with Crippen LogP contribution < -0.4 is 4.90 Å². The fourth-order valence-corrected chi connectivity index (χ4v) is 2.20. The van der Waals surface area contributed by atoms with Gasteiger partial charge in [0.05, 0.1) is 23.9 Å². The molecule has 1 aliphatic rings. The van der Waals surface area contributed by atoms with Crippen LogP contribution >= 0.6 is 0 Å². The molecule has 1 aromatic rings. The number of aliphatic hydroxyl groups is 1. The van der Waals surface area contributed by atoms with Crippen LogP contribution in [0.15, 0.2) is 18.3 Å². The minimum atomic E-state index is -0.318. The molecule has 1 saturated heterocycles. The Morgan fingerprint density at radius 2 is 2.39 bits per heavy atom. The van der Waals surface area contributed by atoms with Crippen LogP contribution in [0.3, 0.4) is 0 Å². The quantitative estimate of drug-likeness (QED) is 0.842. The molecule has 5 nitrogen and oxygen atoms in total. The predicted octanol–water partition coefficient (Wildman–Crippen LogP) is 0.929. The molecule has 96 valence electrons. The van der Waals surface area contributed by atoms with Crippen molar-refractivity contribution in [2.24, 2.45) is 0 Å². The monoisotopic (exact) mass is 247 g/mol. The summed E-state index contributed by atoms with van der Waals surface area (Å²) in [6.07, 6.45) is 1.36. The molecule has 1 aromatic heterocycles. The van der Waals surface area contributed by atoms with Crippen molar-refractivity contribution in [3.05, 3.63) is 23.9 Å². The number of hydrogen-bond acceptors (Lipinski definition) is 5. The SMILES string of the molecule is CC1(C)CN(c2ccc(C#N)cn2)CC(CO)O1. The second-order valence-corrected chi connectivity index (χ2v) is 5.08. The Hall–Kier alpha value is -1.64. The average molecular weight is 247 g/mol. The Morgan fingerprint density at radius 3 is 2.94 bits per heavy atom. The Morgan fingerprint density at radius 1 is 1.61 bits per heavy atom. The van der Waals surface area contributed by atoms with Gasteiger partial charge < -0.3 is 14.7 Å². The molecule has 0 spiro atoms. The van der Waals surface area contributed by atoms with E-state index in [1.807, 2.05) is 26.0 Å². The molecule has 5 heteroatoms. The van der Waals surface area contributed by atoms with Crippen LogP contribution in [0, 0.1) is 11.3 Å². The maximum absolute atomic E-state index is 9.25. The molecule has 0 saturated carbocycles. The first-order valence-electron chi connectivity index (χ1n) is 5.94. The van der Waals surface area contributed by atoms with Gasteiger partial charge in [-0.2, -0.15) is 5.26 Å². The van der Waals surface area contributed by atoms with Gasteiger partial charge in [0.1, 0.15) is 11.9 Å². The van der Waals surface area contributed by atoms with Gasteiger partial charge in [0.2, 0.25) is 0 Å². The van der Waals surface area contributed by atoms with Crippen LogP contribution in [0.2, 0.25) is 0 Å². The second-order valence-electron chi connectivity index (χ2n) is 5.08. The highest BCUT2D eigenvalue weighted by molar-refractivity contribution is 5.42. The van der Waals surface area contributed by atoms with Crippen LogP contribution in [0.25, 0.3) is 0 Å². The smallest absolute Gasteiger partial charge is 0.128 e. The summed E-state index contributed by atoms with van der Waals surface area (Å²) >= 11 is 0. The number of nitrogens with zero attached hydrogens (tertiary/aromatic N) is 3. The lowest BCUT2D eigenvalue weighted by molar-refractivity contribution is -0.101. The van der Waals surface area contributed by atoms with Gasteiger partial charge in [-0.15, -0.1) is 0 Å². The van der Waals surface area contributed by atoms with Crippen molar-refractivity contribution in [1.82, 2.24) is 4.98 Å². The maximum atomic E-state index is 9.25. The van der Waals surface area contributed by atoms with E-state index < -0.39 is 0 Å². The van der Waals surface area contributed by atoms with E-state index in [1.54, 1.807) is 12.3 Å². The number of morpholine rings is 1. The topological polar surface area (TPSA) is 69.4 Å². The van der Waals surface area contributed by atoms with Gasteiger partial charge in [0, 0.05) is 19.3 Å². The molecule has 1 aliphatic heterocycles. The van der Waals surface area contributed by atoms with Gasteiger partial charge in [-0.25, -0.2) is 4.98 Å². The second kappa shape index (κ2) is 4.92. The summed E-state index contributed by atoms with van der Waals surface area (Å²) < 4.78 is 5.75. The molecule has 0 aliphatic carbocycles. The van der Waals surface area contributed by atoms with Gasteiger partial charge in [0.25, 0.3) is 0 Å². The zero-order valence-electron chi connectivity index (χ0n) is 10.6. The van der Waals surface area contributed by atoms with E-state index in [-0.39, 0.29) is 18.3 Å². The highest BCUT2D eigenvalue weighted by Gasteiger charge is 2.33. The molecule has 0 radical (unpaired) electrons. The summed E-state index contributed by atoms with van der Waals surface area (Å²) in [5.41, 5.74) is 0.228. The Labute approximate surface area is 107 Å². The van der Waals surface area contributed by atoms with Gasteiger partial charge in [-0.1, -0.05) is 0 Å². The number of aromatic nitrogens is 1. The lowest BCUT2D eigenvalue weighted by atomic mass is 10.1. The summed E-state index contributed by atoms with van der Waals surface area (Å²) in [6, 6.07) is 5.62. The number of pyridine rings is 1. The van der Waals surface area contributed by atoms with E-state index in [9.17, 15) is 5.11 Å². The van der Waals surface area contributed by atoms with Crippen molar-refractivity contribution in [1.29, 1.82) is 5.26 Å². The van der Waals surface area contributed by atoms with Crippen LogP contribution in [0.1, 0.15) is 19.4 Å². The lowest BCUT2D eigenvalue weighted by Crippen LogP contribution is -2.54. The minimum Gasteiger partial charge on any atom is -0.394 e. The summed E-state index contributed by atoms with van der Waals surface area (Å²) in [6.45, 7) is 5.30. The molecular formula is C13H17N3O2. The number of hydrogen-bond donors (Lipinski definition) is 1. The van der Waals surface area contributed by atoms with Crippen molar-refractivity contribution in [3.63, 3.8) is 0 Å². The largest absolute Gasteiger partial charge is 0.394 e. The number of nitriles is 1. The summed E-state index contributed by atoms with van der Waals surface area (Å²) in [5.74, 6) is 0.809. The molecule has 0 amide bonds. The van der Waals surface area contributed by atoms with Crippen LogP contribution in [-0.4, -0.2) is 41.5 Å². The predicted molar refractivity (Wildman–Crippen MR) is 67.2 cm³/mol. The third-order valence-electron chi connectivity index (χ3n) is 2.89. The fourth-order valence-electron chi connectivity index (χ4n) is 2.20. The van der Waals surface area contributed by atoms with Gasteiger partial charge in [0.15, 0.2) is 0 Å². The molecule has 0 aromatic carbocycles. The normalized spacial score (nSPS) is 22.6. The molecule has 2 rings (SSSR count). The van der Waals surface area contributed by atoms with E-state index in [1.165, 1.54) is 0 Å². The summed E-state index contributed by atoms with van der Waals surface area (Å²) in [5, 5.41) is 18.0. The molecule has 2 heterocycles. The average Bonchev–Trinajstić information content (AvgIpc) is 2.37. The summed E-state index contributed by atoms with van der Waals surface area (Å²) in [4.78, 5) is 6.35. The zero-order chi connectivity index (χ0) is 13.2. The standard InChI is InChI=1S/C13H17N3O2/c1-13(2)9-16(7-11(8-17)18-13)12-4-3-10(5-14)6-15-12/h3-4,6,11,17H,7-9H2,1-2H3. The third kappa shape index (κ3) is 2.78. The first-order valence-corrected chi connectivity index (χ1v) is 5.94. The van der Waals surface area contributed by atoms with Gasteiger partial charge in [-0.3, -0.25) is 0 Å². The van der Waals surface area contributed by atoms with Crippen molar-refractivity contribution in [2.45, 2.75) is 25.6 Å². The Kier molecular flexibility index (Phi) is 3.50. The first kappa shape index (κ1) is 12.8. The number of rotatable bonds is 2. The highest BCUT2D eigenvalue weighted by atomic mass is 16.5. The van der Waals surface area contributed by atoms with Gasteiger partial charge in [-0.05, 0) is 26.0 Å². The lowest BCUT2D eigenvalue weighted by Gasteiger charge is -2.42. The molecule has 1 atom stereocenters. The first-order chi connectivity index (χ1) is 8.54. The van der Waals surface area contributed by atoms with E-state index in [2.05, 4.69) is 9.88 Å². The molecule has 1 unspecified atom stereocenters. The van der Waals surface area contributed by atoms with E-state index in [0.717, 1.165) is 5.82 Å². The van der Waals surface area contributed by atoms with Gasteiger partial charge >= 0.3 is 0 Å². The number of aliphatic hydroxyl groups excluding tert-OH is 1. The third-order valence-corrected chi connectivity index (χ3v) is 2.89. The molecule has 1 fully saturated rings. The molecule has 0 bridgehead atoms. The fraction of sp³-hybridized carbons (Fsp3) is 0.538. The Bertz CT molecular complexity index is 450. The zero-order valence-corrected chi connectivity index (χ0v) is 10.6. The van der Waals surface area contributed by atoms with Crippen LogP contribution in [-0.2, 0) is 4.74 Å². The van der Waals surface area contributed by atoms with E-state index in [4.69, 9.17) is 10.00 Å². The Balaban J connectivity index is 2.18. The van der Waals surface area contributed by atoms with Crippen molar-refractivity contribution >= 4 is 5.82 Å². The van der Waals surface area contributed by atoms with Crippen molar-refractivity contribution in [3.8, 4) is 6.07 Å². The minimum absolute atomic E-state index is 0.00376. The maximum Gasteiger partial charge on any atom is 0.128 e. The highest BCUT2D eigenvalue weighted by Crippen LogP contribution is 2.24. The molecular weight excluding hydrogens is 230 g/mol. The molecule has 18 heavy (non-hydrogen) atoms. The number of ether oxygens (including phenoxy) is 1. The molecule has 1 N–H and O–H groups in total.